The first-order valence-electron chi connectivity index (χ1n) is 5.74. The van der Waals surface area contributed by atoms with Crippen LogP contribution in [0.3, 0.4) is 0 Å². The van der Waals surface area contributed by atoms with Crippen LogP contribution in [-0.4, -0.2) is 25.0 Å². The molecule has 5 nitrogen and oxygen atoms in total. The summed E-state index contributed by atoms with van der Waals surface area (Å²) in [5, 5.41) is 3.13. The smallest absolute Gasteiger partial charge is 0.307 e. The molecule has 0 aliphatic carbocycles. The third-order valence-electron chi connectivity index (χ3n) is 2.53. The van der Waals surface area contributed by atoms with Gasteiger partial charge in [0.1, 0.15) is 0 Å². The number of esters is 1. The van der Waals surface area contributed by atoms with Crippen LogP contribution in [0, 0.1) is 0 Å². The maximum atomic E-state index is 11.2. The lowest BCUT2D eigenvalue weighted by Crippen LogP contribution is -2.35. The van der Waals surface area contributed by atoms with Crippen LogP contribution in [0.25, 0.3) is 0 Å². The van der Waals surface area contributed by atoms with Crippen LogP contribution in [0.2, 0.25) is 0 Å². The third-order valence-corrected chi connectivity index (χ3v) is 2.53. The summed E-state index contributed by atoms with van der Waals surface area (Å²) in [4.78, 5) is 22.1. The predicted molar refractivity (Wildman–Crippen MR) is 67.5 cm³/mol. The number of primary amides is 1. The summed E-state index contributed by atoms with van der Waals surface area (Å²) in [6, 6.07) is 9.42. The Kier molecular flexibility index (Phi) is 5.87. The molecule has 1 aromatic rings. The number of hydrogen-bond donors (Lipinski definition) is 2. The molecule has 98 valence electrons. The minimum absolute atomic E-state index is 0.113. The second-order valence-corrected chi connectivity index (χ2v) is 4.01. The van der Waals surface area contributed by atoms with Gasteiger partial charge < -0.3 is 15.8 Å². The van der Waals surface area contributed by atoms with Crippen LogP contribution >= 0.6 is 0 Å². The van der Waals surface area contributed by atoms with Crippen LogP contribution in [0.15, 0.2) is 30.3 Å². The molecule has 1 rings (SSSR count). The number of nitrogens with two attached hydrogens (primary N) is 1. The lowest BCUT2D eigenvalue weighted by atomic mass is 10.1. The van der Waals surface area contributed by atoms with E-state index in [2.05, 4.69) is 10.1 Å². The van der Waals surface area contributed by atoms with Gasteiger partial charge in [-0.2, -0.15) is 0 Å². The molecule has 0 radical (unpaired) electrons. The molecular formula is C13H18N2O3. The quantitative estimate of drug-likeness (QED) is 0.694. The molecule has 0 aromatic heterocycles. The van der Waals surface area contributed by atoms with Crippen molar-refractivity contribution in [2.24, 2.45) is 5.73 Å². The lowest BCUT2D eigenvalue weighted by molar-refractivity contribution is -0.141. The average Bonchev–Trinajstić information content (AvgIpc) is 2.36. The predicted octanol–water partition coefficient (Wildman–Crippen LogP) is 0.583. The van der Waals surface area contributed by atoms with Crippen LogP contribution in [-0.2, 0) is 20.9 Å². The Balaban J connectivity index is 2.50. The Morgan fingerprint density at radius 3 is 2.50 bits per heavy atom. The molecule has 1 aromatic carbocycles. The first kappa shape index (κ1) is 14.2. The normalized spacial score (nSPS) is 11.8. The summed E-state index contributed by atoms with van der Waals surface area (Å²) in [6.07, 6.45) is 0.244. The van der Waals surface area contributed by atoms with Gasteiger partial charge in [0, 0.05) is 19.0 Å². The van der Waals surface area contributed by atoms with E-state index in [-0.39, 0.29) is 24.9 Å². The van der Waals surface area contributed by atoms with E-state index in [0.29, 0.717) is 6.54 Å². The average molecular weight is 250 g/mol. The van der Waals surface area contributed by atoms with Crippen molar-refractivity contribution in [3.05, 3.63) is 35.9 Å². The zero-order chi connectivity index (χ0) is 13.4. The van der Waals surface area contributed by atoms with E-state index in [9.17, 15) is 9.59 Å². The van der Waals surface area contributed by atoms with Crippen LogP contribution in [0.4, 0.5) is 0 Å². The van der Waals surface area contributed by atoms with Gasteiger partial charge in [-0.1, -0.05) is 30.3 Å². The van der Waals surface area contributed by atoms with Gasteiger partial charge in [0.25, 0.3) is 0 Å². The van der Waals surface area contributed by atoms with E-state index in [1.54, 1.807) is 0 Å². The van der Waals surface area contributed by atoms with Crippen molar-refractivity contribution in [3.8, 4) is 0 Å². The minimum atomic E-state index is -0.440. The highest BCUT2D eigenvalue weighted by atomic mass is 16.5. The van der Waals surface area contributed by atoms with Gasteiger partial charge in [0.2, 0.25) is 5.91 Å². The van der Waals surface area contributed by atoms with Gasteiger partial charge in [0.05, 0.1) is 13.5 Å². The number of amides is 1. The van der Waals surface area contributed by atoms with Gasteiger partial charge in [-0.15, -0.1) is 0 Å². The maximum absolute atomic E-state index is 11.2. The highest BCUT2D eigenvalue weighted by molar-refractivity contribution is 5.76. The molecule has 0 aliphatic rings. The number of carbonyl (C=O) groups is 2. The molecule has 0 heterocycles. The summed E-state index contributed by atoms with van der Waals surface area (Å²) in [5.74, 6) is -0.800. The second kappa shape index (κ2) is 7.45. The number of hydrogen-bond acceptors (Lipinski definition) is 4. The summed E-state index contributed by atoms with van der Waals surface area (Å²) in [5.41, 5.74) is 6.23. The zero-order valence-electron chi connectivity index (χ0n) is 10.4. The fraction of sp³-hybridized carbons (Fsp3) is 0.385. The molecule has 18 heavy (non-hydrogen) atoms. The number of rotatable bonds is 7. The van der Waals surface area contributed by atoms with Crippen molar-refractivity contribution < 1.29 is 14.3 Å². The minimum Gasteiger partial charge on any atom is -0.469 e. The van der Waals surface area contributed by atoms with Gasteiger partial charge in [-0.3, -0.25) is 9.59 Å². The highest BCUT2D eigenvalue weighted by Gasteiger charge is 2.16. The van der Waals surface area contributed by atoms with Crippen LogP contribution in [0.5, 0.6) is 0 Å². The van der Waals surface area contributed by atoms with Crippen molar-refractivity contribution in [3.63, 3.8) is 0 Å². The van der Waals surface area contributed by atoms with Crippen molar-refractivity contribution in [1.29, 1.82) is 0 Å². The number of benzene rings is 1. The van der Waals surface area contributed by atoms with E-state index < -0.39 is 5.91 Å². The summed E-state index contributed by atoms with van der Waals surface area (Å²) in [6.45, 7) is 0.579. The Morgan fingerprint density at radius 1 is 1.28 bits per heavy atom. The Bertz CT molecular complexity index is 392. The van der Waals surface area contributed by atoms with Crippen LogP contribution < -0.4 is 11.1 Å². The summed E-state index contributed by atoms with van der Waals surface area (Å²) in [7, 11) is 1.32. The fourth-order valence-corrected chi connectivity index (χ4v) is 1.60. The van der Waals surface area contributed by atoms with Crippen molar-refractivity contribution in [1.82, 2.24) is 5.32 Å². The van der Waals surface area contributed by atoms with E-state index in [0.717, 1.165) is 5.56 Å². The largest absolute Gasteiger partial charge is 0.469 e. The van der Waals surface area contributed by atoms with E-state index in [1.165, 1.54) is 7.11 Å². The lowest BCUT2D eigenvalue weighted by Gasteiger charge is -2.16. The first-order chi connectivity index (χ1) is 8.61. The van der Waals surface area contributed by atoms with Crippen molar-refractivity contribution in [2.75, 3.05) is 7.11 Å². The molecule has 3 N–H and O–H groups in total. The maximum Gasteiger partial charge on any atom is 0.307 e. The zero-order valence-corrected chi connectivity index (χ0v) is 10.4. The third kappa shape index (κ3) is 5.45. The Morgan fingerprint density at radius 2 is 1.94 bits per heavy atom. The number of methoxy groups -OCH3 is 1. The topological polar surface area (TPSA) is 81.4 Å². The monoisotopic (exact) mass is 250 g/mol. The molecule has 5 heteroatoms. The number of carbonyl (C=O) groups excluding carboxylic acids is 2. The highest BCUT2D eigenvalue weighted by Crippen LogP contribution is 2.03. The summed E-state index contributed by atoms with van der Waals surface area (Å²) >= 11 is 0. The van der Waals surface area contributed by atoms with Gasteiger partial charge >= 0.3 is 5.97 Å². The standard InChI is InChI=1S/C13H18N2O3/c1-18-13(17)8-11(7-12(14)16)15-9-10-5-3-2-4-6-10/h2-6,11,15H,7-9H2,1H3,(H2,14,16)/t11-/m0/s1. The number of nitrogens with one attached hydrogen (secondary N) is 1. The molecule has 0 saturated heterocycles. The first-order valence-corrected chi connectivity index (χ1v) is 5.74. The van der Waals surface area contributed by atoms with Crippen molar-refractivity contribution >= 4 is 11.9 Å². The number of ether oxygens (including phenoxy) is 1. The fourth-order valence-electron chi connectivity index (χ4n) is 1.60. The molecule has 0 fully saturated rings. The Labute approximate surface area is 106 Å². The molecule has 0 spiro atoms. The Hall–Kier alpha value is -1.88. The van der Waals surface area contributed by atoms with Gasteiger partial charge in [-0.05, 0) is 5.56 Å². The molecule has 0 saturated carbocycles. The van der Waals surface area contributed by atoms with E-state index in [4.69, 9.17) is 5.73 Å². The van der Waals surface area contributed by atoms with Crippen molar-refractivity contribution in [2.45, 2.75) is 25.4 Å². The molecule has 0 unspecified atom stereocenters. The van der Waals surface area contributed by atoms with E-state index in [1.807, 2.05) is 30.3 Å². The van der Waals surface area contributed by atoms with Gasteiger partial charge in [-0.25, -0.2) is 0 Å². The van der Waals surface area contributed by atoms with Gasteiger partial charge in [0.15, 0.2) is 0 Å². The molecule has 0 aliphatic heterocycles. The van der Waals surface area contributed by atoms with Crippen LogP contribution in [0.1, 0.15) is 18.4 Å². The second-order valence-electron chi connectivity index (χ2n) is 4.01. The SMILES string of the molecule is COC(=O)C[C@H](CC(N)=O)NCc1ccccc1. The summed E-state index contributed by atoms with van der Waals surface area (Å²) < 4.78 is 4.58. The molecule has 1 amide bonds. The molecule has 0 bridgehead atoms. The molecular weight excluding hydrogens is 232 g/mol. The van der Waals surface area contributed by atoms with E-state index >= 15 is 0 Å². The molecule has 1 atom stereocenters.